The molecule has 0 saturated carbocycles. The molecule has 1 heterocycles. The number of aliphatic imine (C=N–C) groups is 1. The van der Waals surface area contributed by atoms with Crippen molar-refractivity contribution in [2.24, 2.45) is 4.99 Å². The van der Waals surface area contributed by atoms with E-state index >= 15 is 0 Å². The summed E-state index contributed by atoms with van der Waals surface area (Å²) in [5.41, 5.74) is 3.80. The molecule has 0 aromatic heterocycles. The molecule has 6 heteroatoms. The number of benzene rings is 3. The Morgan fingerprint density at radius 2 is 1.66 bits per heavy atom. The average molecular weight is 431 g/mol. The summed E-state index contributed by atoms with van der Waals surface area (Å²) in [5, 5.41) is 14.0. The number of likely N-dealkylation sites (N-methyl/N-ethyl adjacent to an activating group) is 1. The minimum Gasteiger partial charge on any atom is -0.506 e. The molecule has 3 aromatic rings. The van der Waals surface area contributed by atoms with Gasteiger partial charge in [-0.1, -0.05) is 54.6 Å². The molecule has 0 amide bonds. The molecule has 1 aliphatic heterocycles. The van der Waals surface area contributed by atoms with Crippen molar-refractivity contribution in [3.8, 4) is 22.6 Å². The van der Waals surface area contributed by atoms with Crippen LogP contribution in [0.25, 0.3) is 11.1 Å². The quantitative estimate of drug-likeness (QED) is 0.359. The number of hydrogen-bond acceptors (Lipinski definition) is 4. The van der Waals surface area contributed by atoms with Crippen molar-refractivity contribution in [2.45, 2.75) is 6.54 Å². The molecule has 166 valence electrons. The number of methoxy groups -OCH3 is 1. The van der Waals surface area contributed by atoms with Gasteiger partial charge in [0.25, 0.3) is 0 Å². The molecule has 6 nitrogen and oxygen atoms in total. The first-order valence-electron chi connectivity index (χ1n) is 10.9. The predicted octanol–water partition coefficient (Wildman–Crippen LogP) is 4.28. The molecular weight excluding hydrogens is 400 g/mol. The van der Waals surface area contributed by atoms with Gasteiger partial charge < -0.3 is 25.0 Å². The fourth-order valence-corrected chi connectivity index (χ4v) is 3.80. The Labute approximate surface area is 189 Å². The van der Waals surface area contributed by atoms with Crippen molar-refractivity contribution in [3.63, 3.8) is 0 Å². The zero-order valence-electron chi connectivity index (χ0n) is 18.7. The summed E-state index contributed by atoms with van der Waals surface area (Å²) in [4.78, 5) is 9.46. The lowest BCUT2D eigenvalue weighted by atomic mass is 10.0. The fourth-order valence-electron chi connectivity index (χ4n) is 3.80. The summed E-state index contributed by atoms with van der Waals surface area (Å²) in [5.74, 6) is 1.77. The molecule has 3 aromatic carbocycles. The average Bonchev–Trinajstić information content (AvgIpc) is 2.84. The maximum atomic E-state index is 10.6. The van der Waals surface area contributed by atoms with Crippen LogP contribution in [-0.2, 0) is 6.54 Å². The summed E-state index contributed by atoms with van der Waals surface area (Å²) < 4.78 is 5.49. The maximum absolute atomic E-state index is 10.6. The van der Waals surface area contributed by atoms with Crippen LogP contribution in [-0.4, -0.2) is 61.2 Å². The second kappa shape index (κ2) is 10.2. The first-order chi connectivity index (χ1) is 15.6. The number of piperazine rings is 1. The Morgan fingerprint density at radius 3 is 2.41 bits per heavy atom. The molecule has 0 spiro atoms. The number of rotatable bonds is 5. The second-order valence-corrected chi connectivity index (χ2v) is 7.96. The molecule has 1 fully saturated rings. The number of aromatic hydroxyl groups is 1. The van der Waals surface area contributed by atoms with Gasteiger partial charge in [-0.3, -0.25) is 0 Å². The van der Waals surface area contributed by atoms with E-state index in [1.54, 1.807) is 13.2 Å². The number of ether oxygens (including phenoxy) is 1. The number of anilines is 1. The molecule has 0 aliphatic carbocycles. The largest absolute Gasteiger partial charge is 0.506 e. The summed E-state index contributed by atoms with van der Waals surface area (Å²) in [6.45, 7) is 4.15. The van der Waals surface area contributed by atoms with Crippen LogP contribution < -0.4 is 10.1 Å². The molecule has 0 bridgehead atoms. The summed E-state index contributed by atoms with van der Waals surface area (Å²) in [6, 6.07) is 23.7. The summed E-state index contributed by atoms with van der Waals surface area (Å²) in [6.07, 6.45) is 0. The van der Waals surface area contributed by atoms with E-state index in [0.717, 1.165) is 54.6 Å². The molecule has 0 radical (unpaired) electrons. The van der Waals surface area contributed by atoms with Gasteiger partial charge in [-0.2, -0.15) is 0 Å². The van der Waals surface area contributed by atoms with Crippen LogP contribution in [0.2, 0.25) is 0 Å². The minimum atomic E-state index is 0.198. The highest BCUT2D eigenvalue weighted by Gasteiger charge is 2.19. The van der Waals surface area contributed by atoms with Crippen LogP contribution in [0.15, 0.2) is 77.8 Å². The van der Waals surface area contributed by atoms with Crippen LogP contribution in [0.4, 0.5) is 5.69 Å². The molecule has 1 aliphatic rings. The van der Waals surface area contributed by atoms with E-state index in [4.69, 9.17) is 9.73 Å². The Bertz CT molecular complexity index is 1060. The Morgan fingerprint density at radius 1 is 0.938 bits per heavy atom. The second-order valence-electron chi connectivity index (χ2n) is 7.96. The lowest BCUT2D eigenvalue weighted by molar-refractivity contribution is 0.215. The van der Waals surface area contributed by atoms with Crippen LogP contribution in [0.3, 0.4) is 0 Å². The zero-order valence-corrected chi connectivity index (χ0v) is 18.7. The van der Waals surface area contributed by atoms with Gasteiger partial charge in [-0.05, 0) is 36.4 Å². The van der Waals surface area contributed by atoms with Crippen LogP contribution in [0, 0.1) is 0 Å². The van der Waals surface area contributed by atoms with Crippen molar-refractivity contribution in [1.82, 2.24) is 9.80 Å². The van der Waals surface area contributed by atoms with Gasteiger partial charge in [-0.15, -0.1) is 0 Å². The van der Waals surface area contributed by atoms with Crippen LogP contribution >= 0.6 is 0 Å². The predicted molar refractivity (Wildman–Crippen MR) is 130 cm³/mol. The summed E-state index contributed by atoms with van der Waals surface area (Å²) >= 11 is 0. The number of phenolic OH excluding ortho intramolecular Hbond substituents is 1. The lowest BCUT2D eigenvalue weighted by Gasteiger charge is -2.35. The minimum absolute atomic E-state index is 0.198. The number of phenols is 1. The van der Waals surface area contributed by atoms with Gasteiger partial charge in [-0.25, -0.2) is 4.99 Å². The standard InChI is InChI=1S/C26H30N4O2/c1-29-14-16-30(17-15-29)26(27-19-22-10-6-7-11-25(22)32-2)28-23-18-21(12-13-24(23)31)20-8-4-3-5-9-20/h3-13,18,31H,14-17,19H2,1-2H3,(H,27,28). The topological polar surface area (TPSA) is 60.3 Å². The maximum Gasteiger partial charge on any atom is 0.198 e. The Balaban J connectivity index is 1.63. The van der Waals surface area contributed by atoms with Gasteiger partial charge in [0.1, 0.15) is 11.5 Å². The van der Waals surface area contributed by atoms with Gasteiger partial charge in [0.05, 0.1) is 19.3 Å². The molecular formula is C26H30N4O2. The molecule has 0 atom stereocenters. The summed E-state index contributed by atoms with van der Waals surface area (Å²) in [7, 11) is 3.81. The highest BCUT2D eigenvalue weighted by atomic mass is 16.5. The normalized spacial score (nSPS) is 14.9. The number of hydrogen-bond donors (Lipinski definition) is 2. The third-order valence-corrected chi connectivity index (χ3v) is 5.74. The van der Waals surface area contributed by atoms with Gasteiger partial charge in [0, 0.05) is 31.7 Å². The van der Waals surface area contributed by atoms with E-state index in [2.05, 4.69) is 34.3 Å². The molecule has 32 heavy (non-hydrogen) atoms. The van der Waals surface area contributed by atoms with Crippen molar-refractivity contribution >= 4 is 11.6 Å². The van der Waals surface area contributed by atoms with Gasteiger partial charge in [0.2, 0.25) is 0 Å². The van der Waals surface area contributed by atoms with E-state index < -0.39 is 0 Å². The number of guanidine groups is 1. The van der Waals surface area contributed by atoms with E-state index in [0.29, 0.717) is 12.2 Å². The number of nitrogens with zero attached hydrogens (tertiary/aromatic N) is 3. The number of para-hydroxylation sites is 1. The number of nitrogens with one attached hydrogen (secondary N) is 1. The van der Waals surface area contributed by atoms with Crippen LogP contribution in [0.5, 0.6) is 11.5 Å². The highest BCUT2D eigenvalue weighted by Crippen LogP contribution is 2.30. The molecule has 1 saturated heterocycles. The first kappa shape index (κ1) is 21.7. The Kier molecular flexibility index (Phi) is 6.92. The Hall–Kier alpha value is -3.51. The van der Waals surface area contributed by atoms with Crippen LogP contribution in [0.1, 0.15) is 5.56 Å². The van der Waals surface area contributed by atoms with Gasteiger partial charge in [0.15, 0.2) is 5.96 Å². The first-order valence-corrected chi connectivity index (χ1v) is 10.9. The highest BCUT2D eigenvalue weighted by molar-refractivity contribution is 5.96. The molecule has 2 N–H and O–H groups in total. The van der Waals surface area contributed by atoms with Crippen molar-refractivity contribution in [2.75, 3.05) is 45.7 Å². The monoisotopic (exact) mass is 430 g/mol. The van der Waals surface area contributed by atoms with Gasteiger partial charge >= 0.3 is 0 Å². The smallest absolute Gasteiger partial charge is 0.198 e. The third kappa shape index (κ3) is 5.21. The third-order valence-electron chi connectivity index (χ3n) is 5.74. The van der Waals surface area contributed by atoms with E-state index in [1.165, 1.54) is 0 Å². The van der Waals surface area contributed by atoms with Crippen molar-refractivity contribution in [3.05, 3.63) is 78.4 Å². The molecule has 0 unspecified atom stereocenters. The van der Waals surface area contributed by atoms with Crippen molar-refractivity contribution < 1.29 is 9.84 Å². The van der Waals surface area contributed by atoms with E-state index in [-0.39, 0.29) is 5.75 Å². The zero-order chi connectivity index (χ0) is 22.3. The van der Waals surface area contributed by atoms with E-state index in [1.807, 2.05) is 54.6 Å². The van der Waals surface area contributed by atoms with Crippen molar-refractivity contribution in [1.29, 1.82) is 0 Å². The fraction of sp³-hybridized carbons (Fsp3) is 0.269. The van der Waals surface area contributed by atoms with E-state index in [9.17, 15) is 5.11 Å². The molecule has 4 rings (SSSR count). The lowest BCUT2D eigenvalue weighted by Crippen LogP contribution is -2.49. The SMILES string of the molecule is COc1ccccc1CN=C(Nc1cc(-c2ccccc2)ccc1O)N1CCN(C)CC1.